The molecule has 2 N–H and O–H groups in total. The van der Waals surface area contributed by atoms with E-state index in [0.717, 1.165) is 12.0 Å². The van der Waals surface area contributed by atoms with Gasteiger partial charge in [-0.05, 0) is 56.5 Å². The van der Waals surface area contributed by atoms with Crippen molar-refractivity contribution in [3.63, 3.8) is 0 Å². The number of hydrogen-bond acceptors (Lipinski definition) is 3. The van der Waals surface area contributed by atoms with Gasteiger partial charge >= 0.3 is 0 Å². The SMILES string of the molecule is CC(N)C(c1cccs1)N1CCC[C@H]2CCCC[C@H]21. The number of thiophene rings is 1. The third kappa shape index (κ3) is 2.74. The smallest absolute Gasteiger partial charge is 0.0593 e. The van der Waals surface area contributed by atoms with E-state index in [1.54, 1.807) is 0 Å². The summed E-state index contributed by atoms with van der Waals surface area (Å²) in [6, 6.07) is 5.88. The van der Waals surface area contributed by atoms with Crippen molar-refractivity contribution in [1.29, 1.82) is 0 Å². The van der Waals surface area contributed by atoms with E-state index in [2.05, 4.69) is 29.3 Å². The lowest BCUT2D eigenvalue weighted by Crippen LogP contribution is -2.51. The summed E-state index contributed by atoms with van der Waals surface area (Å²) in [4.78, 5) is 4.21. The Morgan fingerprint density at radius 1 is 1.26 bits per heavy atom. The number of piperidine rings is 1. The van der Waals surface area contributed by atoms with E-state index in [0.29, 0.717) is 6.04 Å². The van der Waals surface area contributed by atoms with Gasteiger partial charge in [-0.1, -0.05) is 18.9 Å². The maximum Gasteiger partial charge on any atom is 0.0593 e. The molecule has 2 unspecified atom stereocenters. The highest BCUT2D eigenvalue weighted by Gasteiger charge is 2.38. The third-order valence-electron chi connectivity index (χ3n) is 4.98. The minimum absolute atomic E-state index is 0.222. The van der Waals surface area contributed by atoms with Crippen molar-refractivity contribution in [3.8, 4) is 0 Å². The molecule has 1 saturated carbocycles. The lowest BCUT2D eigenvalue weighted by Gasteiger charge is -2.48. The first-order valence-electron chi connectivity index (χ1n) is 7.82. The maximum absolute atomic E-state index is 6.35. The molecule has 4 atom stereocenters. The van der Waals surface area contributed by atoms with Crippen LogP contribution < -0.4 is 5.73 Å². The summed E-state index contributed by atoms with van der Waals surface area (Å²) in [5, 5.41) is 2.19. The Balaban J connectivity index is 1.84. The van der Waals surface area contributed by atoms with Crippen molar-refractivity contribution >= 4 is 11.3 Å². The minimum atomic E-state index is 0.222. The Morgan fingerprint density at radius 3 is 2.79 bits per heavy atom. The van der Waals surface area contributed by atoms with Gasteiger partial charge in [0, 0.05) is 17.0 Å². The molecule has 1 saturated heterocycles. The summed E-state index contributed by atoms with van der Waals surface area (Å²) in [7, 11) is 0. The lowest BCUT2D eigenvalue weighted by molar-refractivity contribution is 0.0191. The van der Waals surface area contributed by atoms with Gasteiger partial charge in [0.1, 0.15) is 0 Å². The monoisotopic (exact) mass is 278 g/mol. The predicted molar refractivity (Wildman–Crippen MR) is 82.4 cm³/mol. The number of fused-ring (bicyclic) bond motifs is 1. The second-order valence-electron chi connectivity index (χ2n) is 6.31. The molecule has 2 aliphatic rings. The van der Waals surface area contributed by atoms with Crippen LogP contribution in [0.4, 0.5) is 0 Å². The molecule has 0 aromatic carbocycles. The molecule has 0 amide bonds. The number of hydrogen-bond donors (Lipinski definition) is 1. The zero-order valence-corrected chi connectivity index (χ0v) is 12.7. The highest BCUT2D eigenvalue weighted by atomic mass is 32.1. The van der Waals surface area contributed by atoms with Gasteiger partial charge in [0.2, 0.25) is 0 Å². The number of likely N-dealkylation sites (tertiary alicyclic amines) is 1. The van der Waals surface area contributed by atoms with E-state index < -0.39 is 0 Å². The average Bonchev–Trinajstić information content (AvgIpc) is 2.93. The van der Waals surface area contributed by atoms with Gasteiger partial charge in [-0.2, -0.15) is 0 Å². The second kappa shape index (κ2) is 5.94. The first kappa shape index (κ1) is 13.6. The molecule has 19 heavy (non-hydrogen) atoms. The lowest BCUT2D eigenvalue weighted by atomic mass is 9.77. The van der Waals surface area contributed by atoms with Crippen molar-refractivity contribution in [2.45, 2.75) is 63.6 Å². The summed E-state index contributed by atoms with van der Waals surface area (Å²) in [6.45, 7) is 3.42. The minimum Gasteiger partial charge on any atom is -0.326 e. The van der Waals surface area contributed by atoms with E-state index in [-0.39, 0.29) is 6.04 Å². The standard InChI is InChI=1S/C16H26N2S/c1-12(17)16(15-9-5-11-19-15)18-10-4-7-13-6-2-3-8-14(13)18/h5,9,11-14,16H,2-4,6-8,10,17H2,1H3/t12?,13-,14-,16?/m1/s1. The summed E-state index contributed by atoms with van der Waals surface area (Å²) < 4.78 is 0. The van der Waals surface area contributed by atoms with Gasteiger partial charge in [0.25, 0.3) is 0 Å². The normalized spacial score (nSPS) is 31.7. The van der Waals surface area contributed by atoms with E-state index in [4.69, 9.17) is 5.73 Å². The zero-order valence-electron chi connectivity index (χ0n) is 11.9. The first-order chi connectivity index (χ1) is 9.27. The predicted octanol–water partition coefficient (Wildman–Crippen LogP) is 3.79. The van der Waals surface area contributed by atoms with Gasteiger partial charge in [-0.3, -0.25) is 4.90 Å². The van der Waals surface area contributed by atoms with Crippen LogP contribution >= 0.6 is 11.3 Å². The van der Waals surface area contributed by atoms with Crippen LogP contribution in [0.15, 0.2) is 17.5 Å². The van der Waals surface area contributed by atoms with Gasteiger partial charge in [-0.15, -0.1) is 11.3 Å². The van der Waals surface area contributed by atoms with Crippen LogP contribution in [0.3, 0.4) is 0 Å². The molecule has 2 heterocycles. The molecule has 0 spiro atoms. The van der Waals surface area contributed by atoms with Crippen LogP contribution in [0.2, 0.25) is 0 Å². The first-order valence-corrected chi connectivity index (χ1v) is 8.70. The average molecular weight is 278 g/mol. The van der Waals surface area contributed by atoms with Gasteiger partial charge in [-0.25, -0.2) is 0 Å². The Labute approximate surface area is 121 Å². The Morgan fingerprint density at radius 2 is 2.05 bits per heavy atom. The summed E-state index contributed by atoms with van der Waals surface area (Å²) in [6.07, 6.45) is 8.48. The van der Waals surface area contributed by atoms with Crippen molar-refractivity contribution in [1.82, 2.24) is 4.90 Å². The van der Waals surface area contributed by atoms with Crippen LogP contribution in [0.1, 0.15) is 56.4 Å². The van der Waals surface area contributed by atoms with Crippen LogP contribution in [-0.2, 0) is 0 Å². The van der Waals surface area contributed by atoms with Crippen molar-refractivity contribution in [2.24, 2.45) is 11.7 Å². The molecule has 1 aliphatic heterocycles. The van der Waals surface area contributed by atoms with Crippen molar-refractivity contribution < 1.29 is 0 Å². The quantitative estimate of drug-likeness (QED) is 0.911. The molecule has 0 bridgehead atoms. The second-order valence-corrected chi connectivity index (χ2v) is 7.29. The fourth-order valence-electron chi connectivity index (χ4n) is 4.19. The largest absolute Gasteiger partial charge is 0.326 e. The zero-order chi connectivity index (χ0) is 13.2. The van der Waals surface area contributed by atoms with Crippen LogP contribution in [0.5, 0.6) is 0 Å². The molecule has 3 rings (SSSR count). The number of rotatable bonds is 3. The Kier molecular flexibility index (Phi) is 4.25. The van der Waals surface area contributed by atoms with Gasteiger partial charge < -0.3 is 5.73 Å². The maximum atomic E-state index is 6.35. The van der Waals surface area contributed by atoms with Gasteiger partial charge in [0.05, 0.1) is 6.04 Å². The molecule has 106 valence electrons. The molecule has 3 heteroatoms. The summed E-state index contributed by atoms with van der Waals surface area (Å²) in [5.74, 6) is 0.934. The molecular formula is C16H26N2S. The van der Waals surface area contributed by atoms with E-state index >= 15 is 0 Å². The highest BCUT2D eigenvalue weighted by molar-refractivity contribution is 7.10. The number of nitrogens with two attached hydrogens (primary N) is 1. The summed E-state index contributed by atoms with van der Waals surface area (Å²) in [5.41, 5.74) is 6.35. The molecule has 1 aromatic rings. The fraction of sp³-hybridized carbons (Fsp3) is 0.750. The highest BCUT2D eigenvalue weighted by Crippen LogP contribution is 2.40. The molecule has 1 aliphatic carbocycles. The van der Waals surface area contributed by atoms with Crippen LogP contribution in [-0.4, -0.2) is 23.5 Å². The fourth-order valence-corrected chi connectivity index (χ4v) is 5.15. The van der Waals surface area contributed by atoms with E-state index in [1.165, 1.54) is 49.9 Å². The van der Waals surface area contributed by atoms with Gasteiger partial charge in [0.15, 0.2) is 0 Å². The molecule has 0 radical (unpaired) electrons. The molecule has 2 nitrogen and oxygen atoms in total. The van der Waals surface area contributed by atoms with Crippen LogP contribution in [0, 0.1) is 5.92 Å². The Bertz CT molecular complexity index is 385. The van der Waals surface area contributed by atoms with Crippen molar-refractivity contribution in [2.75, 3.05) is 6.54 Å². The topological polar surface area (TPSA) is 29.3 Å². The Hall–Kier alpha value is -0.380. The van der Waals surface area contributed by atoms with Crippen molar-refractivity contribution in [3.05, 3.63) is 22.4 Å². The molecule has 2 fully saturated rings. The van der Waals surface area contributed by atoms with Crippen LogP contribution in [0.25, 0.3) is 0 Å². The summed E-state index contributed by atoms with van der Waals surface area (Å²) >= 11 is 1.87. The van der Waals surface area contributed by atoms with E-state index in [1.807, 2.05) is 11.3 Å². The third-order valence-corrected chi connectivity index (χ3v) is 5.92. The molecule has 1 aromatic heterocycles. The molecular weight excluding hydrogens is 252 g/mol. The number of nitrogens with zero attached hydrogens (tertiary/aromatic N) is 1. The van der Waals surface area contributed by atoms with E-state index in [9.17, 15) is 0 Å².